The highest BCUT2D eigenvalue weighted by atomic mass is 19.1. The van der Waals surface area contributed by atoms with Crippen molar-refractivity contribution in [2.75, 3.05) is 9.80 Å². The molecule has 4 heteroatoms. The van der Waals surface area contributed by atoms with Crippen molar-refractivity contribution in [3.8, 4) is 0 Å². The molecule has 11 rings (SSSR count). The number of hydrogen-bond donors (Lipinski definition) is 0. The zero-order valence-electron chi connectivity index (χ0n) is 36.8. The molecule has 0 amide bonds. The van der Waals surface area contributed by atoms with Crippen molar-refractivity contribution in [2.24, 2.45) is 23.2 Å². The number of hydrogen-bond acceptors (Lipinski definition) is 2. The molecular weight excluding hydrogens is 763 g/mol. The molecule has 2 nitrogen and oxygen atoms in total. The Morgan fingerprint density at radius 3 is 2.37 bits per heavy atom. The number of nitrogens with zero attached hydrogens (tertiary/aromatic N) is 2. The smallest absolute Gasteiger partial charge is 0.126 e. The van der Waals surface area contributed by atoms with Gasteiger partial charge in [0.05, 0.1) is 6.04 Å². The van der Waals surface area contributed by atoms with E-state index in [4.69, 9.17) is 0 Å². The number of rotatable bonds is 4. The van der Waals surface area contributed by atoms with Crippen molar-refractivity contribution in [1.82, 2.24) is 0 Å². The highest BCUT2D eigenvalue weighted by molar-refractivity contribution is 5.73. The molecule has 1 fully saturated rings. The lowest BCUT2D eigenvalue weighted by Crippen LogP contribution is -2.42. The molecular formula is C58H60F2N2. The van der Waals surface area contributed by atoms with Crippen molar-refractivity contribution in [2.45, 2.75) is 116 Å². The molecule has 8 aliphatic carbocycles. The van der Waals surface area contributed by atoms with Crippen LogP contribution in [0.5, 0.6) is 0 Å². The van der Waals surface area contributed by atoms with Crippen molar-refractivity contribution in [3.63, 3.8) is 0 Å². The van der Waals surface area contributed by atoms with Gasteiger partial charge in [-0.3, -0.25) is 0 Å². The molecule has 2 aromatic rings. The number of halogens is 2. The summed E-state index contributed by atoms with van der Waals surface area (Å²) >= 11 is 0. The molecule has 0 radical (unpaired) electrons. The topological polar surface area (TPSA) is 6.48 Å². The summed E-state index contributed by atoms with van der Waals surface area (Å²) in [6, 6.07) is 16.1. The van der Waals surface area contributed by atoms with Crippen LogP contribution in [0, 0.1) is 29.0 Å². The quantitative estimate of drug-likeness (QED) is 0.303. The van der Waals surface area contributed by atoms with E-state index in [1.54, 1.807) is 23.3 Å². The second-order valence-electron chi connectivity index (χ2n) is 20.2. The van der Waals surface area contributed by atoms with Gasteiger partial charge in [-0.2, -0.15) is 0 Å². The van der Waals surface area contributed by atoms with E-state index in [2.05, 4.69) is 122 Å². The summed E-state index contributed by atoms with van der Waals surface area (Å²) in [5.74, 6) is 0.492. The minimum atomic E-state index is -0.484. The Balaban J connectivity index is 1.14. The number of allylic oxidation sites excluding steroid dienone is 20. The van der Waals surface area contributed by atoms with E-state index in [1.807, 2.05) is 18.2 Å². The first-order chi connectivity index (χ1) is 30.2. The molecule has 316 valence electrons. The van der Waals surface area contributed by atoms with Gasteiger partial charge in [0.25, 0.3) is 0 Å². The number of fused-ring (bicyclic) bond motifs is 6. The molecule has 9 aliphatic rings. The first kappa shape index (κ1) is 39.6. The van der Waals surface area contributed by atoms with E-state index in [1.165, 1.54) is 44.8 Å². The summed E-state index contributed by atoms with van der Waals surface area (Å²) < 4.78 is 33.4. The fraction of sp³-hybridized carbons (Fsp3) is 0.379. The second kappa shape index (κ2) is 15.8. The standard InChI is InChI=1S/C58H60F2N2/c1-58(2,3)42-33-40-25-29-48-51-36-55(49-30-26-41(34-42)56(40)57(48)49)62(54-22-10-9-21-53(54)60)46-18-12-17-45(35-46)61(43-27-23-39(24-28-43)38-14-5-4-6-15-38)44-16-11-13-37(31-44)32-50(51)47-19-7-8-20-52(47)59/h4-5,7-10,12,14,16-21,23,27,31,34-36,40,48,50-51,54H,6,11,13,15,22,24-26,28-30,32-33H2,1-3H3. The zero-order chi connectivity index (χ0) is 42.1. The predicted molar refractivity (Wildman–Crippen MR) is 252 cm³/mol. The molecule has 1 saturated carbocycles. The SMILES string of the molecule is CC(C)(C)C1=CC2=C3C4=C(CC2)C2=CC(C4CCC3C1)C(c1ccccc1F)CC1=CC(=CCC1)N(C1=CC=C(C3=CC=CCC3)CC1)c1cccc(c1)N2C1CC=CC=C1F. The lowest BCUT2D eigenvalue weighted by atomic mass is 9.56. The van der Waals surface area contributed by atoms with Crippen molar-refractivity contribution < 1.29 is 8.78 Å². The van der Waals surface area contributed by atoms with Gasteiger partial charge in [0, 0.05) is 28.5 Å². The van der Waals surface area contributed by atoms with Gasteiger partial charge >= 0.3 is 0 Å². The van der Waals surface area contributed by atoms with Gasteiger partial charge in [-0.1, -0.05) is 111 Å². The van der Waals surface area contributed by atoms with Crippen LogP contribution in [-0.4, -0.2) is 6.04 Å². The van der Waals surface area contributed by atoms with Crippen LogP contribution < -0.4 is 9.80 Å². The third kappa shape index (κ3) is 6.97. The third-order valence-electron chi connectivity index (χ3n) is 15.6. The molecule has 5 unspecified atom stereocenters. The summed E-state index contributed by atoms with van der Waals surface area (Å²) in [4.78, 5) is 4.86. The Morgan fingerprint density at radius 1 is 0.710 bits per heavy atom. The molecule has 0 spiro atoms. The van der Waals surface area contributed by atoms with Crippen LogP contribution in [0.25, 0.3) is 0 Å². The van der Waals surface area contributed by atoms with Gasteiger partial charge in [-0.05, 0) is 194 Å². The summed E-state index contributed by atoms with van der Waals surface area (Å²) in [6.45, 7) is 7.10. The van der Waals surface area contributed by atoms with Crippen LogP contribution >= 0.6 is 0 Å². The zero-order valence-corrected chi connectivity index (χ0v) is 36.8. The Morgan fingerprint density at radius 2 is 1.56 bits per heavy atom. The van der Waals surface area contributed by atoms with E-state index in [9.17, 15) is 0 Å². The molecule has 62 heavy (non-hydrogen) atoms. The number of benzene rings is 2. The average Bonchev–Trinajstić information content (AvgIpc) is 3.29. The Kier molecular flexibility index (Phi) is 10.1. The van der Waals surface area contributed by atoms with Crippen LogP contribution in [0.3, 0.4) is 0 Å². The van der Waals surface area contributed by atoms with E-state index >= 15 is 8.78 Å². The van der Waals surface area contributed by atoms with Crippen molar-refractivity contribution >= 4 is 11.4 Å². The average molecular weight is 823 g/mol. The molecule has 1 heterocycles. The largest absolute Gasteiger partial charge is 0.331 e. The molecule has 6 bridgehead atoms. The predicted octanol–water partition coefficient (Wildman–Crippen LogP) is 15.6. The Hall–Kier alpha value is -5.22. The van der Waals surface area contributed by atoms with Crippen molar-refractivity contribution in [3.05, 3.63) is 200 Å². The highest BCUT2D eigenvalue weighted by Gasteiger charge is 2.48. The summed E-state index contributed by atoms with van der Waals surface area (Å²) in [5.41, 5.74) is 18.5. The summed E-state index contributed by atoms with van der Waals surface area (Å²) in [5, 5.41) is 0. The minimum absolute atomic E-state index is 0.0407. The van der Waals surface area contributed by atoms with E-state index < -0.39 is 6.04 Å². The van der Waals surface area contributed by atoms with Gasteiger partial charge in [0.1, 0.15) is 11.6 Å². The summed E-state index contributed by atoms with van der Waals surface area (Å²) in [7, 11) is 0. The molecule has 2 aromatic carbocycles. The van der Waals surface area contributed by atoms with E-state index in [0.29, 0.717) is 12.3 Å². The fourth-order valence-electron chi connectivity index (χ4n) is 12.6. The van der Waals surface area contributed by atoms with Gasteiger partial charge in [0.15, 0.2) is 0 Å². The molecule has 5 atom stereocenters. The molecule has 0 aromatic heterocycles. The molecule has 1 aliphatic heterocycles. The van der Waals surface area contributed by atoms with Gasteiger partial charge in [-0.25, -0.2) is 8.78 Å². The third-order valence-corrected chi connectivity index (χ3v) is 15.6. The van der Waals surface area contributed by atoms with Gasteiger partial charge in [-0.15, -0.1) is 0 Å². The highest BCUT2D eigenvalue weighted by Crippen LogP contribution is 2.60. The molecule has 0 N–H and O–H groups in total. The van der Waals surface area contributed by atoms with E-state index in [-0.39, 0.29) is 34.8 Å². The lowest BCUT2D eigenvalue weighted by molar-refractivity contribution is 0.285. The van der Waals surface area contributed by atoms with Crippen LogP contribution in [0.2, 0.25) is 0 Å². The van der Waals surface area contributed by atoms with Crippen molar-refractivity contribution in [1.29, 1.82) is 0 Å². The van der Waals surface area contributed by atoms with Crippen LogP contribution in [0.4, 0.5) is 20.2 Å². The van der Waals surface area contributed by atoms with Crippen LogP contribution in [-0.2, 0) is 0 Å². The minimum Gasteiger partial charge on any atom is -0.331 e. The summed E-state index contributed by atoms with van der Waals surface area (Å²) in [6.07, 6.45) is 39.7. The molecule has 0 saturated heterocycles. The second-order valence-corrected chi connectivity index (χ2v) is 20.2. The maximum Gasteiger partial charge on any atom is 0.126 e. The first-order valence-electron chi connectivity index (χ1n) is 23.7. The number of anilines is 2. The van der Waals surface area contributed by atoms with Gasteiger partial charge in [0.2, 0.25) is 0 Å². The lowest BCUT2D eigenvalue weighted by Gasteiger charge is -2.51. The first-order valence-corrected chi connectivity index (χ1v) is 23.7. The normalized spacial score (nSPS) is 28.2. The van der Waals surface area contributed by atoms with E-state index in [0.717, 1.165) is 99.7 Å². The maximum absolute atomic E-state index is 16.8. The van der Waals surface area contributed by atoms with Crippen LogP contribution in [0.1, 0.15) is 116 Å². The Bertz CT molecular complexity index is 2600. The van der Waals surface area contributed by atoms with Gasteiger partial charge < -0.3 is 9.80 Å². The Labute approximate surface area is 368 Å². The monoisotopic (exact) mass is 822 g/mol. The maximum atomic E-state index is 16.8. The fourth-order valence-corrected chi connectivity index (χ4v) is 12.6. The van der Waals surface area contributed by atoms with Crippen LogP contribution in [0.15, 0.2) is 189 Å².